The number of aromatic nitrogens is 1. The monoisotopic (exact) mass is 316 g/mol. The van der Waals surface area contributed by atoms with Crippen molar-refractivity contribution in [3.8, 4) is 0 Å². The molecule has 0 radical (unpaired) electrons. The fourth-order valence-corrected chi connectivity index (χ4v) is 3.09. The smallest absolute Gasteiger partial charge is 0.259 e. The number of carbonyl (C=O) groups is 1. The van der Waals surface area contributed by atoms with Crippen LogP contribution in [-0.2, 0) is 5.72 Å². The predicted octanol–water partition coefficient (Wildman–Crippen LogP) is 3.18. The SMILES string of the molecule is CC(C)(C)N1C(=O)c2cccnc2C1(O)c1ccc(Cl)cc1. The first-order chi connectivity index (χ1) is 10.3. The summed E-state index contributed by atoms with van der Waals surface area (Å²) in [6, 6.07) is 10.2. The van der Waals surface area contributed by atoms with Gasteiger partial charge in [0.1, 0.15) is 5.69 Å². The van der Waals surface area contributed by atoms with E-state index in [1.54, 1.807) is 42.6 Å². The van der Waals surface area contributed by atoms with Crippen LogP contribution in [0.5, 0.6) is 0 Å². The molecule has 1 aromatic carbocycles. The van der Waals surface area contributed by atoms with Crippen molar-refractivity contribution in [3.05, 3.63) is 64.4 Å². The zero-order valence-electron chi connectivity index (χ0n) is 12.7. The highest BCUT2D eigenvalue weighted by atomic mass is 35.5. The summed E-state index contributed by atoms with van der Waals surface area (Å²) in [5, 5.41) is 12.0. The van der Waals surface area contributed by atoms with Crippen LogP contribution in [0.3, 0.4) is 0 Å². The van der Waals surface area contributed by atoms with Gasteiger partial charge < -0.3 is 5.11 Å². The second-order valence-electron chi connectivity index (χ2n) is 6.39. The maximum Gasteiger partial charge on any atom is 0.259 e. The zero-order valence-corrected chi connectivity index (χ0v) is 13.4. The lowest BCUT2D eigenvalue weighted by atomic mass is 9.94. The molecule has 22 heavy (non-hydrogen) atoms. The largest absolute Gasteiger partial charge is 0.362 e. The van der Waals surface area contributed by atoms with Crippen LogP contribution in [0.2, 0.25) is 5.02 Å². The van der Waals surface area contributed by atoms with Gasteiger partial charge in [0.25, 0.3) is 5.91 Å². The minimum Gasteiger partial charge on any atom is -0.362 e. The van der Waals surface area contributed by atoms with Gasteiger partial charge in [-0.3, -0.25) is 14.7 Å². The van der Waals surface area contributed by atoms with Crippen molar-refractivity contribution in [3.63, 3.8) is 0 Å². The van der Waals surface area contributed by atoms with Gasteiger partial charge in [-0.1, -0.05) is 23.7 Å². The Labute approximate surface area is 134 Å². The first-order valence-electron chi connectivity index (χ1n) is 7.05. The van der Waals surface area contributed by atoms with E-state index >= 15 is 0 Å². The van der Waals surface area contributed by atoms with E-state index in [-0.39, 0.29) is 5.91 Å². The molecule has 1 aliphatic heterocycles. The third-order valence-corrected chi connectivity index (χ3v) is 4.06. The number of halogens is 1. The topological polar surface area (TPSA) is 53.4 Å². The molecule has 4 nitrogen and oxygen atoms in total. The van der Waals surface area contributed by atoms with Crippen LogP contribution in [-0.4, -0.2) is 26.4 Å². The number of carbonyl (C=O) groups excluding carboxylic acids is 1. The Hall–Kier alpha value is -1.91. The standard InChI is InChI=1S/C17H17ClN2O2/c1-16(2,3)20-15(21)13-5-4-10-19-14(13)17(20,22)11-6-8-12(18)9-7-11/h4-10,22H,1-3H3. The quantitative estimate of drug-likeness (QED) is 0.879. The van der Waals surface area contributed by atoms with Crippen LogP contribution in [0.15, 0.2) is 42.6 Å². The van der Waals surface area contributed by atoms with Gasteiger partial charge in [0, 0.05) is 22.3 Å². The number of fused-ring (bicyclic) bond motifs is 1. The molecule has 0 bridgehead atoms. The number of pyridine rings is 1. The molecule has 114 valence electrons. The molecule has 2 heterocycles. The van der Waals surface area contributed by atoms with Gasteiger partial charge >= 0.3 is 0 Å². The molecule has 0 fully saturated rings. The molecule has 5 heteroatoms. The van der Waals surface area contributed by atoms with Crippen LogP contribution in [0.25, 0.3) is 0 Å². The lowest BCUT2D eigenvalue weighted by Gasteiger charge is -2.42. The van der Waals surface area contributed by atoms with E-state index in [9.17, 15) is 9.90 Å². The molecule has 0 saturated carbocycles. The molecule has 0 saturated heterocycles. The maximum atomic E-state index is 12.8. The highest BCUT2D eigenvalue weighted by molar-refractivity contribution is 6.30. The lowest BCUT2D eigenvalue weighted by Crippen LogP contribution is -2.54. The van der Waals surface area contributed by atoms with Crippen molar-refractivity contribution in [2.75, 3.05) is 0 Å². The van der Waals surface area contributed by atoms with Gasteiger partial charge in [0.05, 0.1) is 5.56 Å². The first kappa shape index (κ1) is 15.0. The average Bonchev–Trinajstić information content (AvgIpc) is 2.69. The second kappa shape index (κ2) is 4.80. The predicted molar refractivity (Wildman–Crippen MR) is 84.6 cm³/mol. The van der Waals surface area contributed by atoms with Crippen molar-refractivity contribution >= 4 is 17.5 Å². The van der Waals surface area contributed by atoms with E-state index < -0.39 is 11.3 Å². The van der Waals surface area contributed by atoms with Gasteiger partial charge in [0.15, 0.2) is 0 Å². The molecule has 1 atom stereocenters. The van der Waals surface area contributed by atoms with Gasteiger partial charge in [-0.25, -0.2) is 0 Å². The van der Waals surface area contributed by atoms with Gasteiger partial charge in [-0.15, -0.1) is 0 Å². The van der Waals surface area contributed by atoms with Crippen molar-refractivity contribution in [2.24, 2.45) is 0 Å². The molecule has 1 N–H and O–H groups in total. The molecular weight excluding hydrogens is 300 g/mol. The molecule has 0 aliphatic carbocycles. The number of rotatable bonds is 1. The Morgan fingerprint density at radius 2 is 1.82 bits per heavy atom. The molecule has 2 aromatic rings. The molecule has 1 amide bonds. The zero-order chi connectivity index (χ0) is 16.1. The number of amides is 1. The third-order valence-electron chi connectivity index (χ3n) is 3.81. The van der Waals surface area contributed by atoms with Crippen molar-refractivity contribution in [1.82, 2.24) is 9.88 Å². The van der Waals surface area contributed by atoms with E-state index in [1.165, 1.54) is 4.90 Å². The van der Waals surface area contributed by atoms with Crippen LogP contribution in [0.4, 0.5) is 0 Å². The Balaban J connectivity index is 2.29. The van der Waals surface area contributed by atoms with Gasteiger partial charge in [-0.05, 0) is 45.0 Å². The van der Waals surface area contributed by atoms with Crippen LogP contribution in [0.1, 0.15) is 42.4 Å². The van der Waals surface area contributed by atoms with Gasteiger partial charge in [0.2, 0.25) is 5.72 Å². The summed E-state index contributed by atoms with van der Waals surface area (Å²) in [6.07, 6.45) is 1.58. The fraction of sp³-hybridized carbons (Fsp3) is 0.294. The number of aliphatic hydroxyl groups is 1. The number of hydrogen-bond donors (Lipinski definition) is 1. The summed E-state index contributed by atoms with van der Waals surface area (Å²) in [7, 11) is 0. The molecule has 1 aliphatic rings. The highest BCUT2D eigenvalue weighted by Crippen LogP contribution is 2.44. The highest BCUT2D eigenvalue weighted by Gasteiger charge is 2.54. The van der Waals surface area contributed by atoms with Crippen molar-refractivity contribution in [2.45, 2.75) is 32.0 Å². The number of hydrogen-bond acceptors (Lipinski definition) is 3. The van der Waals surface area contributed by atoms with E-state index in [2.05, 4.69) is 4.98 Å². The third kappa shape index (κ3) is 2.02. The molecule has 1 unspecified atom stereocenters. The normalized spacial score (nSPS) is 21.1. The Bertz CT molecular complexity index is 737. The van der Waals surface area contributed by atoms with Crippen molar-refractivity contribution < 1.29 is 9.90 Å². The second-order valence-corrected chi connectivity index (χ2v) is 6.83. The van der Waals surface area contributed by atoms with Gasteiger partial charge in [-0.2, -0.15) is 0 Å². The van der Waals surface area contributed by atoms with Crippen LogP contribution >= 0.6 is 11.6 Å². The Morgan fingerprint density at radius 3 is 2.41 bits per heavy atom. The average molecular weight is 317 g/mol. The van der Waals surface area contributed by atoms with E-state index in [4.69, 9.17) is 11.6 Å². The fourth-order valence-electron chi connectivity index (χ4n) is 2.97. The van der Waals surface area contributed by atoms with E-state index in [0.29, 0.717) is 21.8 Å². The van der Waals surface area contributed by atoms with E-state index in [1.807, 2.05) is 20.8 Å². The summed E-state index contributed by atoms with van der Waals surface area (Å²) < 4.78 is 0. The minimum absolute atomic E-state index is 0.229. The first-order valence-corrected chi connectivity index (χ1v) is 7.42. The summed E-state index contributed by atoms with van der Waals surface area (Å²) in [5.74, 6) is -0.229. The summed E-state index contributed by atoms with van der Waals surface area (Å²) in [6.45, 7) is 5.66. The number of nitrogens with zero attached hydrogens (tertiary/aromatic N) is 2. The van der Waals surface area contributed by atoms with Crippen LogP contribution in [0, 0.1) is 0 Å². The number of benzene rings is 1. The van der Waals surface area contributed by atoms with E-state index in [0.717, 1.165) is 0 Å². The molecule has 0 spiro atoms. The molecule has 1 aromatic heterocycles. The van der Waals surface area contributed by atoms with Crippen molar-refractivity contribution in [1.29, 1.82) is 0 Å². The summed E-state index contributed by atoms with van der Waals surface area (Å²) in [4.78, 5) is 18.6. The Kier molecular flexibility index (Phi) is 3.27. The summed E-state index contributed by atoms with van der Waals surface area (Å²) in [5.41, 5.74) is -0.826. The Morgan fingerprint density at radius 1 is 1.18 bits per heavy atom. The molecule has 3 rings (SSSR count). The summed E-state index contributed by atoms with van der Waals surface area (Å²) >= 11 is 5.94. The minimum atomic E-state index is -1.60. The lowest BCUT2D eigenvalue weighted by molar-refractivity contribution is -0.0900. The van der Waals surface area contributed by atoms with Crippen LogP contribution < -0.4 is 0 Å². The molecular formula is C17H17ClN2O2. The maximum absolute atomic E-state index is 12.8.